The third-order valence-electron chi connectivity index (χ3n) is 3.23. The van der Waals surface area contributed by atoms with Gasteiger partial charge in [0.25, 0.3) is 0 Å². The highest BCUT2D eigenvalue weighted by molar-refractivity contribution is 8.01. The Balaban J connectivity index is 1.74. The van der Waals surface area contributed by atoms with Crippen LogP contribution in [0.15, 0.2) is 21.7 Å². The number of thiophene rings is 1. The number of carboxylic acids is 1. The van der Waals surface area contributed by atoms with Crippen molar-refractivity contribution in [2.45, 2.75) is 35.9 Å². The van der Waals surface area contributed by atoms with E-state index in [-0.39, 0.29) is 17.9 Å². The highest BCUT2D eigenvalue weighted by Crippen LogP contribution is 2.25. The Kier molecular flexibility index (Phi) is 5.27. The average molecular weight is 299 g/mol. The first-order chi connectivity index (χ1) is 9.15. The fourth-order valence-corrected chi connectivity index (χ4v) is 3.89. The van der Waals surface area contributed by atoms with E-state index < -0.39 is 5.97 Å². The highest BCUT2D eigenvalue weighted by atomic mass is 32.2. The van der Waals surface area contributed by atoms with Gasteiger partial charge in [-0.25, -0.2) is 0 Å². The normalized spacial score (nSPS) is 22.9. The van der Waals surface area contributed by atoms with Crippen LogP contribution in [0.3, 0.4) is 0 Å². The second kappa shape index (κ2) is 6.96. The fraction of sp³-hybridized carbons (Fsp3) is 0.538. The van der Waals surface area contributed by atoms with E-state index in [4.69, 9.17) is 5.11 Å². The van der Waals surface area contributed by atoms with Crippen LogP contribution in [-0.2, 0) is 9.59 Å². The van der Waals surface area contributed by atoms with Crippen LogP contribution in [0.25, 0.3) is 0 Å². The molecule has 2 unspecified atom stereocenters. The zero-order valence-electron chi connectivity index (χ0n) is 10.5. The van der Waals surface area contributed by atoms with Crippen molar-refractivity contribution in [1.82, 2.24) is 5.32 Å². The summed E-state index contributed by atoms with van der Waals surface area (Å²) in [7, 11) is 0. The van der Waals surface area contributed by atoms with Crippen LogP contribution < -0.4 is 5.32 Å². The number of thioether (sulfide) groups is 1. The Bertz CT molecular complexity index is 433. The number of carbonyl (C=O) groups is 2. The lowest BCUT2D eigenvalue weighted by molar-refractivity contribution is -0.143. The molecule has 6 heteroatoms. The SMILES string of the molecule is O=C(CSc1cccs1)NC1CCCC(C(=O)O)C1. The van der Waals surface area contributed by atoms with Gasteiger partial charge in [0.1, 0.15) is 0 Å². The van der Waals surface area contributed by atoms with Crippen LogP contribution in [0.4, 0.5) is 0 Å². The van der Waals surface area contributed by atoms with E-state index in [9.17, 15) is 9.59 Å². The molecular weight excluding hydrogens is 282 g/mol. The summed E-state index contributed by atoms with van der Waals surface area (Å²) in [4.78, 5) is 22.8. The second-order valence-electron chi connectivity index (χ2n) is 4.69. The summed E-state index contributed by atoms with van der Waals surface area (Å²) in [6, 6.07) is 3.97. The van der Waals surface area contributed by atoms with Crippen molar-refractivity contribution in [2.75, 3.05) is 5.75 Å². The van der Waals surface area contributed by atoms with Crippen molar-refractivity contribution in [3.8, 4) is 0 Å². The maximum Gasteiger partial charge on any atom is 0.306 e. The number of amides is 1. The van der Waals surface area contributed by atoms with Crippen molar-refractivity contribution in [3.63, 3.8) is 0 Å². The van der Waals surface area contributed by atoms with E-state index in [1.165, 1.54) is 11.8 Å². The molecule has 0 aliphatic heterocycles. The average Bonchev–Trinajstić information content (AvgIpc) is 2.90. The lowest BCUT2D eigenvalue weighted by Crippen LogP contribution is -2.40. The Morgan fingerprint density at radius 2 is 2.32 bits per heavy atom. The monoisotopic (exact) mass is 299 g/mol. The molecule has 1 saturated carbocycles. The van der Waals surface area contributed by atoms with Gasteiger partial charge < -0.3 is 10.4 Å². The third-order valence-corrected chi connectivity index (χ3v) is 5.36. The van der Waals surface area contributed by atoms with Crippen molar-refractivity contribution in [2.24, 2.45) is 5.92 Å². The number of hydrogen-bond donors (Lipinski definition) is 2. The molecule has 1 aromatic heterocycles. The van der Waals surface area contributed by atoms with Crippen molar-refractivity contribution in [3.05, 3.63) is 17.5 Å². The van der Waals surface area contributed by atoms with Gasteiger partial charge in [-0.15, -0.1) is 23.1 Å². The van der Waals surface area contributed by atoms with Crippen molar-refractivity contribution >= 4 is 35.0 Å². The van der Waals surface area contributed by atoms with E-state index in [0.29, 0.717) is 12.2 Å². The number of rotatable bonds is 5. The Labute approximate surface area is 120 Å². The predicted molar refractivity (Wildman–Crippen MR) is 76.6 cm³/mol. The maximum atomic E-state index is 11.8. The van der Waals surface area contributed by atoms with Gasteiger partial charge in [0.15, 0.2) is 0 Å². The topological polar surface area (TPSA) is 66.4 Å². The minimum absolute atomic E-state index is 0.00515. The lowest BCUT2D eigenvalue weighted by atomic mass is 9.86. The molecule has 0 radical (unpaired) electrons. The first kappa shape index (κ1) is 14.4. The summed E-state index contributed by atoms with van der Waals surface area (Å²) in [5.74, 6) is -0.653. The molecule has 2 rings (SSSR count). The molecule has 1 aliphatic carbocycles. The molecule has 4 nitrogen and oxygen atoms in total. The molecule has 104 valence electrons. The van der Waals surface area contributed by atoms with Gasteiger partial charge in [-0.3, -0.25) is 9.59 Å². The van der Waals surface area contributed by atoms with Gasteiger partial charge in [0.05, 0.1) is 15.9 Å². The van der Waals surface area contributed by atoms with Gasteiger partial charge >= 0.3 is 5.97 Å². The van der Waals surface area contributed by atoms with E-state index in [0.717, 1.165) is 23.5 Å². The fourth-order valence-electron chi connectivity index (χ4n) is 2.30. The first-order valence-corrected chi connectivity index (χ1v) is 8.20. The van der Waals surface area contributed by atoms with Gasteiger partial charge in [0.2, 0.25) is 5.91 Å². The quantitative estimate of drug-likeness (QED) is 0.820. The standard InChI is InChI=1S/C13H17NO3S2/c15-11(8-19-12-5-2-6-18-12)14-10-4-1-3-9(7-10)13(16)17/h2,5-6,9-10H,1,3-4,7-8H2,(H,14,15)(H,16,17). The van der Waals surface area contributed by atoms with Gasteiger partial charge in [-0.2, -0.15) is 0 Å². The van der Waals surface area contributed by atoms with E-state index in [1.807, 2.05) is 17.5 Å². The molecule has 2 N–H and O–H groups in total. The maximum absolute atomic E-state index is 11.8. The second-order valence-corrected chi connectivity index (χ2v) is 6.91. The van der Waals surface area contributed by atoms with Gasteiger partial charge in [-0.05, 0) is 30.7 Å². The zero-order chi connectivity index (χ0) is 13.7. The number of nitrogens with one attached hydrogen (secondary N) is 1. The van der Waals surface area contributed by atoms with Crippen LogP contribution in [0.2, 0.25) is 0 Å². The van der Waals surface area contributed by atoms with Crippen LogP contribution in [-0.4, -0.2) is 28.8 Å². The molecule has 2 atom stereocenters. The molecule has 1 amide bonds. The number of carboxylic acid groups (broad SMARTS) is 1. The minimum Gasteiger partial charge on any atom is -0.481 e. The lowest BCUT2D eigenvalue weighted by Gasteiger charge is -2.27. The molecule has 1 fully saturated rings. The number of hydrogen-bond acceptors (Lipinski definition) is 4. The zero-order valence-corrected chi connectivity index (χ0v) is 12.1. The summed E-state index contributed by atoms with van der Waals surface area (Å²) < 4.78 is 1.13. The van der Waals surface area contributed by atoms with Crippen molar-refractivity contribution in [1.29, 1.82) is 0 Å². The molecule has 0 aromatic carbocycles. The summed E-state index contributed by atoms with van der Waals surface area (Å²) in [5.41, 5.74) is 0. The number of aliphatic carboxylic acids is 1. The van der Waals surface area contributed by atoms with Crippen LogP contribution in [0, 0.1) is 5.92 Å². The molecule has 0 spiro atoms. The van der Waals surface area contributed by atoms with Crippen LogP contribution >= 0.6 is 23.1 Å². The van der Waals surface area contributed by atoms with E-state index in [2.05, 4.69) is 5.32 Å². The van der Waals surface area contributed by atoms with Gasteiger partial charge in [-0.1, -0.05) is 12.5 Å². The largest absolute Gasteiger partial charge is 0.481 e. The highest BCUT2D eigenvalue weighted by Gasteiger charge is 2.27. The first-order valence-electron chi connectivity index (χ1n) is 6.33. The summed E-state index contributed by atoms with van der Waals surface area (Å²) in [6.07, 6.45) is 3.05. The molecule has 1 heterocycles. The Morgan fingerprint density at radius 3 is 3.00 bits per heavy atom. The van der Waals surface area contributed by atoms with Crippen molar-refractivity contribution < 1.29 is 14.7 Å². The van der Waals surface area contributed by atoms with Gasteiger partial charge in [0, 0.05) is 6.04 Å². The molecule has 0 bridgehead atoms. The molecule has 1 aromatic rings. The Morgan fingerprint density at radius 1 is 1.47 bits per heavy atom. The predicted octanol–water partition coefficient (Wildman–Crippen LogP) is 2.60. The molecular formula is C13H17NO3S2. The molecule has 1 aliphatic rings. The number of carbonyl (C=O) groups excluding carboxylic acids is 1. The third kappa shape index (κ3) is 4.54. The summed E-state index contributed by atoms with van der Waals surface area (Å²) in [5, 5.41) is 13.9. The van der Waals surface area contributed by atoms with Crippen LogP contribution in [0.1, 0.15) is 25.7 Å². The van der Waals surface area contributed by atoms with Crippen LogP contribution in [0.5, 0.6) is 0 Å². The molecule has 0 saturated heterocycles. The smallest absolute Gasteiger partial charge is 0.306 e. The van der Waals surface area contributed by atoms with E-state index >= 15 is 0 Å². The van der Waals surface area contributed by atoms with E-state index in [1.54, 1.807) is 11.3 Å². The minimum atomic E-state index is -0.744. The summed E-state index contributed by atoms with van der Waals surface area (Å²) in [6.45, 7) is 0. The summed E-state index contributed by atoms with van der Waals surface area (Å²) >= 11 is 3.14. The molecule has 19 heavy (non-hydrogen) atoms. The Hall–Kier alpha value is -1.01.